The lowest BCUT2D eigenvalue weighted by Gasteiger charge is -2.37. The Labute approximate surface area is 177 Å². The van der Waals surface area contributed by atoms with Crippen molar-refractivity contribution in [3.8, 4) is 45.6 Å². The van der Waals surface area contributed by atoms with Gasteiger partial charge in [0.05, 0.1) is 17.7 Å². The average Bonchev–Trinajstić information content (AvgIpc) is 2.75. The van der Waals surface area contributed by atoms with Gasteiger partial charge >= 0.3 is 11.9 Å². The Morgan fingerprint density at radius 3 is 1.69 bits per heavy atom. The fraction of sp³-hybridized carbons (Fsp3) is 0.263. The topological polar surface area (TPSA) is 224 Å². The molecule has 2 aromatic carbocycles. The summed E-state index contributed by atoms with van der Waals surface area (Å²) in [6, 6.07) is 1.31. The van der Waals surface area contributed by atoms with E-state index in [1.54, 1.807) is 0 Å². The Morgan fingerprint density at radius 2 is 1.19 bits per heavy atom. The molecule has 0 spiro atoms. The van der Waals surface area contributed by atoms with Crippen molar-refractivity contribution in [1.29, 1.82) is 0 Å². The molecule has 0 saturated carbocycles. The highest BCUT2D eigenvalue weighted by molar-refractivity contribution is 6.08. The van der Waals surface area contributed by atoms with E-state index in [0.29, 0.717) is 12.1 Å². The fourth-order valence-corrected chi connectivity index (χ4v) is 3.52. The van der Waals surface area contributed by atoms with E-state index >= 15 is 0 Å². The molecule has 13 heteroatoms. The standard InChI is InChI=1S/C19H16O13/c20-6-1-4-9(13(24)11(6)22)10-5(2-7(21)12(23)14(10)25)18(28)32-16-8(31-17(4)27)3-30-19(29)15(16)26/h1-2,8,15-16,19-26,29H,3H2/t8-,15+,16-,19+/m0/s1. The third kappa shape index (κ3) is 3.07. The Bertz CT molecular complexity index is 1140. The maximum absolute atomic E-state index is 12.9. The van der Waals surface area contributed by atoms with Crippen LogP contribution in [0, 0.1) is 0 Å². The Balaban J connectivity index is 2.06. The second-order valence-electron chi connectivity index (χ2n) is 7.06. The van der Waals surface area contributed by atoms with Crippen molar-refractivity contribution >= 4 is 11.9 Å². The molecule has 1 fully saturated rings. The molecule has 1 saturated heterocycles. The van der Waals surface area contributed by atoms with Gasteiger partial charge in [-0.25, -0.2) is 9.59 Å². The molecule has 32 heavy (non-hydrogen) atoms. The number of phenols is 6. The van der Waals surface area contributed by atoms with Crippen LogP contribution in [-0.4, -0.2) is 84.0 Å². The van der Waals surface area contributed by atoms with Crippen LogP contribution in [0.4, 0.5) is 0 Å². The summed E-state index contributed by atoms with van der Waals surface area (Å²) in [6.07, 6.45) is -6.79. The third-order valence-corrected chi connectivity index (χ3v) is 5.13. The zero-order valence-corrected chi connectivity index (χ0v) is 15.8. The number of aliphatic hydroxyl groups is 2. The molecular formula is C19H16O13. The van der Waals surface area contributed by atoms with Crippen molar-refractivity contribution in [3.63, 3.8) is 0 Å². The molecule has 4 rings (SSSR count). The van der Waals surface area contributed by atoms with Crippen LogP contribution >= 0.6 is 0 Å². The molecular weight excluding hydrogens is 436 g/mol. The predicted octanol–water partition coefficient (Wildman–Crippen LogP) is -0.639. The fourth-order valence-electron chi connectivity index (χ4n) is 3.52. The minimum atomic E-state index is -1.87. The quantitative estimate of drug-likeness (QED) is 0.184. The summed E-state index contributed by atoms with van der Waals surface area (Å²) in [5.41, 5.74) is -2.87. The van der Waals surface area contributed by atoms with Gasteiger partial charge in [-0.2, -0.15) is 0 Å². The van der Waals surface area contributed by atoms with Gasteiger partial charge in [-0.15, -0.1) is 0 Å². The second kappa shape index (κ2) is 7.33. The lowest BCUT2D eigenvalue weighted by atomic mass is 9.91. The van der Waals surface area contributed by atoms with E-state index in [1.807, 2.05) is 0 Å². The Kier molecular flexibility index (Phi) is 4.88. The summed E-state index contributed by atoms with van der Waals surface area (Å²) in [6.45, 7) is -0.522. The summed E-state index contributed by atoms with van der Waals surface area (Å²) in [5.74, 6) is -9.19. The number of aliphatic hydroxyl groups excluding tert-OH is 2. The van der Waals surface area contributed by atoms with Gasteiger partial charge in [0, 0.05) is 11.1 Å². The van der Waals surface area contributed by atoms with Gasteiger partial charge in [-0.05, 0) is 12.1 Å². The van der Waals surface area contributed by atoms with Crippen LogP contribution in [0.2, 0.25) is 0 Å². The zero-order valence-electron chi connectivity index (χ0n) is 15.8. The van der Waals surface area contributed by atoms with E-state index in [9.17, 15) is 50.4 Å². The first-order valence-electron chi connectivity index (χ1n) is 8.98. The normalized spacial score (nSPS) is 25.1. The lowest BCUT2D eigenvalue weighted by Crippen LogP contribution is -2.56. The van der Waals surface area contributed by atoms with E-state index in [-0.39, 0.29) is 0 Å². The van der Waals surface area contributed by atoms with Crippen LogP contribution in [-0.2, 0) is 14.2 Å². The number of ether oxygens (including phenoxy) is 3. The summed E-state index contributed by atoms with van der Waals surface area (Å²) < 4.78 is 15.2. The molecule has 2 aliphatic heterocycles. The number of carbonyl (C=O) groups excluding carboxylic acids is 2. The molecule has 170 valence electrons. The number of aromatic hydroxyl groups is 6. The van der Waals surface area contributed by atoms with E-state index in [0.717, 1.165) is 0 Å². The van der Waals surface area contributed by atoms with Crippen LogP contribution in [0.3, 0.4) is 0 Å². The third-order valence-electron chi connectivity index (χ3n) is 5.13. The van der Waals surface area contributed by atoms with Gasteiger partial charge < -0.3 is 55.1 Å². The number of benzene rings is 2. The van der Waals surface area contributed by atoms with Crippen molar-refractivity contribution in [2.45, 2.75) is 24.6 Å². The van der Waals surface area contributed by atoms with Crippen LogP contribution in [0.1, 0.15) is 20.7 Å². The van der Waals surface area contributed by atoms with Crippen LogP contribution in [0.25, 0.3) is 11.1 Å². The average molecular weight is 452 g/mol. The van der Waals surface area contributed by atoms with Gasteiger partial charge in [-0.1, -0.05) is 0 Å². The number of hydrogen-bond acceptors (Lipinski definition) is 13. The molecule has 0 amide bonds. The van der Waals surface area contributed by atoms with Crippen molar-refractivity contribution in [3.05, 3.63) is 23.3 Å². The molecule has 13 nitrogen and oxygen atoms in total. The van der Waals surface area contributed by atoms with Crippen LogP contribution in [0.5, 0.6) is 34.5 Å². The SMILES string of the molecule is O=C1O[C@@H]2[C@@H](O)[C@H](O)OC[C@@H]2OC(=O)c2cc(O)c(O)c(O)c2-c2c1cc(O)c(O)c2O. The van der Waals surface area contributed by atoms with E-state index < -0.39 is 99.9 Å². The highest BCUT2D eigenvalue weighted by atomic mass is 16.7. The summed E-state index contributed by atoms with van der Waals surface area (Å²) in [7, 11) is 0. The van der Waals surface area contributed by atoms with E-state index in [1.165, 1.54) is 0 Å². The summed E-state index contributed by atoms with van der Waals surface area (Å²) >= 11 is 0. The first-order valence-corrected chi connectivity index (χ1v) is 8.98. The zero-order chi connectivity index (χ0) is 23.5. The number of carbonyl (C=O) groups is 2. The first kappa shape index (κ1) is 21.3. The van der Waals surface area contributed by atoms with Crippen molar-refractivity contribution < 1.29 is 64.7 Å². The van der Waals surface area contributed by atoms with Crippen molar-refractivity contribution in [2.75, 3.05) is 6.61 Å². The Morgan fingerprint density at radius 1 is 0.719 bits per heavy atom. The van der Waals surface area contributed by atoms with Gasteiger partial charge in [0.15, 0.2) is 41.5 Å². The second-order valence-corrected chi connectivity index (χ2v) is 7.06. The molecule has 0 bridgehead atoms. The van der Waals surface area contributed by atoms with Crippen molar-refractivity contribution in [1.82, 2.24) is 0 Å². The molecule has 0 radical (unpaired) electrons. The largest absolute Gasteiger partial charge is 0.504 e. The van der Waals surface area contributed by atoms with E-state index in [4.69, 9.17) is 14.2 Å². The maximum Gasteiger partial charge on any atom is 0.339 e. The van der Waals surface area contributed by atoms with Crippen molar-refractivity contribution in [2.24, 2.45) is 0 Å². The van der Waals surface area contributed by atoms with Gasteiger partial charge in [0.25, 0.3) is 0 Å². The lowest BCUT2D eigenvalue weighted by molar-refractivity contribution is -0.251. The minimum Gasteiger partial charge on any atom is -0.504 e. The summed E-state index contributed by atoms with van der Waals surface area (Å²) in [4.78, 5) is 25.8. The molecule has 0 unspecified atom stereocenters. The maximum atomic E-state index is 12.9. The van der Waals surface area contributed by atoms with Crippen LogP contribution < -0.4 is 0 Å². The van der Waals surface area contributed by atoms with Crippen LogP contribution in [0.15, 0.2) is 12.1 Å². The monoisotopic (exact) mass is 452 g/mol. The summed E-state index contributed by atoms with van der Waals surface area (Å²) in [5, 5.41) is 80.4. The molecule has 0 aliphatic carbocycles. The first-order chi connectivity index (χ1) is 15.0. The number of hydrogen-bond donors (Lipinski definition) is 8. The van der Waals surface area contributed by atoms with E-state index in [2.05, 4.69) is 0 Å². The molecule has 2 aromatic rings. The predicted molar refractivity (Wildman–Crippen MR) is 98.2 cm³/mol. The minimum absolute atomic E-state index is 0.522. The number of phenolic OH excluding ortho intramolecular Hbond substituents is 6. The Hall–Kier alpha value is -3.94. The van der Waals surface area contributed by atoms with Gasteiger partial charge in [0.2, 0.25) is 11.5 Å². The molecule has 2 heterocycles. The number of rotatable bonds is 0. The number of esters is 2. The highest BCUT2D eigenvalue weighted by Gasteiger charge is 2.46. The van der Waals surface area contributed by atoms with Gasteiger partial charge in [0.1, 0.15) is 6.10 Å². The molecule has 8 N–H and O–H groups in total. The molecule has 0 aromatic heterocycles. The molecule has 2 aliphatic rings. The van der Waals surface area contributed by atoms with Gasteiger partial charge in [-0.3, -0.25) is 0 Å². The molecule has 4 atom stereocenters. The number of fused-ring (bicyclic) bond motifs is 4. The smallest absolute Gasteiger partial charge is 0.339 e. The highest BCUT2D eigenvalue weighted by Crippen LogP contribution is 2.53.